The van der Waals surface area contributed by atoms with Gasteiger partial charge < -0.3 is 0 Å². The standard InChI is InChI=1S/C14H16F2O/c1-2-9-6-7-10(8-9)14(17)13-11(15)4-3-5-12(13)16/h3-5,9-10H,2,6-8H2,1H3. The molecule has 1 aliphatic carbocycles. The van der Waals surface area contributed by atoms with Crippen molar-refractivity contribution in [2.24, 2.45) is 11.8 Å². The van der Waals surface area contributed by atoms with Crippen LogP contribution in [0.5, 0.6) is 0 Å². The largest absolute Gasteiger partial charge is 0.294 e. The van der Waals surface area contributed by atoms with E-state index in [2.05, 4.69) is 6.92 Å². The van der Waals surface area contributed by atoms with Crippen LogP contribution in [0, 0.1) is 23.5 Å². The van der Waals surface area contributed by atoms with E-state index in [-0.39, 0.29) is 17.3 Å². The monoisotopic (exact) mass is 238 g/mol. The first-order chi connectivity index (χ1) is 8.13. The van der Waals surface area contributed by atoms with Crippen molar-refractivity contribution in [1.29, 1.82) is 0 Å². The second-order valence-electron chi connectivity index (χ2n) is 4.75. The van der Waals surface area contributed by atoms with Crippen molar-refractivity contribution < 1.29 is 13.6 Å². The van der Waals surface area contributed by atoms with Gasteiger partial charge in [-0.1, -0.05) is 19.4 Å². The van der Waals surface area contributed by atoms with Crippen LogP contribution < -0.4 is 0 Å². The van der Waals surface area contributed by atoms with Gasteiger partial charge in [0.05, 0.1) is 5.56 Å². The Labute approximate surface area is 99.8 Å². The van der Waals surface area contributed by atoms with E-state index >= 15 is 0 Å². The number of Topliss-reactive ketones (excluding diaryl/α,β-unsaturated/α-hetero) is 1. The summed E-state index contributed by atoms with van der Waals surface area (Å²) in [7, 11) is 0. The van der Waals surface area contributed by atoms with Gasteiger partial charge in [0.2, 0.25) is 0 Å². The van der Waals surface area contributed by atoms with Crippen molar-refractivity contribution >= 4 is 5.78 Å². The second-order valence-corrected chi connectivity index (χ2v) is 4.75. The molecule has 0 spiro atoms. The molecule has 3 heteroatoms. The molecule has 0 heterocycles. The molecule has 0 radical (unpaired) electrons. The molecule has 2 unspecified atom stereocenters. The summed E-state index contributed by atoms with van der Waals surface area (Å²) in [6, 6.07) is 3.57. The molecule has 0 aromatic heterocycles. The molecule has 0 saturated heterocycles. The maximum Gasteiger partial charge on any atom is 0.171 e. The first-order valence-electron chi connectivity index (χ1n) is 6.11. The zero-order valence-corrected chi connectivity index (χ0v) is 9.88. The summed E-state index contributed by atoms with van der Waals surface area (Å²) in [6.07, 6.45) is 3.54. The van der Waals surface area contributed by atoms with Crippen LogP contribution in [-0.4, -0.2) is 5.78 Å². The summed E-state index contributed by atoms with van der Waals surface area (Å²) in [5.74, 6) is -1.52. The molecule has 1 saturated carbocycles. The Hall–Kier alpha value is -1.25. The number of ketones is 1. The highest BCUT2D eigenvalue weighted by molar-refractivity contribution is 5.98. The Bertz CT molecular complexity index is 408. The van der Waals surface area contributed by atoms with Crippen molar-refractivity contribution in [3.63, 3.8) is 0 Å². The summed E-state index contributed by atoms with van der Waals surface area (Å²) in [5.41, 5.74) is -0.353. The lowest BCUT2D eigenvalue weighted by atomic mass is 9.94. The number of benzene rings is 1. The van der Waals surface area contributed by atoms with Crippen LogP contribution in [0.25, 0.3) is 0 Å². The average Bonchev–Trinajstić information content (AvgIpc) is 2.77. The van der Waals surface area contributed by atoms with Gasteiger partial charge in [0, 0.05) is 5.92 Å². The van der Waals surface area contributed by atoms with Gasteiger partial charge in [-0.15, -0.1) is 0 Å². The van der Waals surface area contributed by atoms with Crippen LogP contribution in [0.4, 0.5) is 8.78 Å². The molecule has 92 valence electrons. The molecule has 1 nitrogen and oxygen atoms in total. The molecule has 1 fully saturated rings. The molecule has 2 rings (SSSR count). The number of hydrogen-bond acceptors (Lipinski definition) is 1. The third-order valence-electron chi connectivity index (χ3n) is 3.70. The van der Waals surface area contributed by atoms with E-state index in [9.17, 15) is 13.6 Å². The minimum atomic E-state index is -0.741. The molecule has 1 aromatic rings. The van der Waals surface area contributed by atoms with Gasteiger partial charge in [-0.3, -0.25) is 4.79 Å². The molecule has 0 amide bonds. The summed E-state index contributed by atoms with van der Waals surface area (Å²) < 4.78 is 26.9. The van der Waals surface area contributed by atoms with Crippen LogP contribution in [-0.2, 0) is 0 Å². The highest BCUT2D eigenvalue weighted by atomic mass is 19.1. The smallest absolute Gasteiger partial charge is 0.171 e. The van der Waals surface area contributed by atoms with Gasteiger partial charge in [0.15, 0.2) is 5.78 Å². The van der Waals surface area contributed by atoms with Crippen molar-refractivity contribution in [3.05, 3.63) is 35.4 Å². The zero-order valence-electron chi connectivity index (χ0n) is 9.88. The lowest BCUT2D eigenvalue weighted by Crippen LogP contribution is -2.15. The molecule has 0 bridgehead atoms. The molecule has 0 N–H and O–H groups in total. The maximum absolute atomic E-state index is 13.5. The molecular formula is C14H16F2O. The predicted octanol–water partition coefficient (Wildman–Crippen LogP) is 3.97. The molecule has 0 aliphatic heterocycles. The molecule has 1 aliphatic rings. The molecule has 1 aromatic carbocycles. The number of carbonyl (C=O) groups excluding carboxylic acids is 1. The summed E-state index contributed by atoms with van der Waals surface area (Å²) in [4.78, 5) is 12.1. The summed E-state index contributed by atoms with van der Waals surface area (Å²) in [6.45, 7) is 2.08. The Kier molecular flexibility index (Phi) is 3.55. The second kappa shape index (κ2) is 4.94. The van der Waals surface area contributed by atoms with Crippen LogP contribution in [0.3, 0.4) is 0 Å². The highest BCUT2D eigenvalue weighted by Gasteiger charge is 2.32. The minimum absolute atomic E-state index is 0.202. The van der Waals surface area contributed by atoms with Gasteiger partial charge in [-0.05, 0) is 37.3 Å². The van der Waals surface area contributed by atoms with Gasteiger partial charge in [-0.2, -0.15) is 0 Å². The van der Waals surface area contributed by atoms with Gasteiger partial charge in [-0.25, -0.2) is 8.78 Å². The lowest BCUT2D eigenvalue weighted by Gasteiger charge is -2.10. The van der Waals surface area contributed by atoms with E-state index in [1.54, 1.807) is 0 Å². The van der Waals surface area contributed by atoms with Crippen LogP contribution in [0.2, 0.25) is 0 Å². The third-order valence-corrected chi connectivity index (χ3v) is 3.70. The number of hydrogen-bond donors (Lipinski definition) is 0. The topological polar surface area (TPSA) is 17.1 Å². The van der Waals surface area contributed by atoms with E-state index in [1.807, 2.05) is 0 Å². The van der Waals surface area contributed by atoms with E-state index < -0.39 is 11.6 Å². The fourth-order valence-corrected chi connectivity index (χ4v) is 2.62. The highest BCUT2D eigenvalue weighted by Crippen LogP contribution is 2.35. The Morgan fingerprint density at radius 3 is 2.47 bits per heavy atom. The summed E-state index contributed by atoms with van der Waals surface area (Å²) in [5, 5.41) is 0. The SMILES string of the molecule is CCC1CCC(C(=O)c2c(F)cccc2F)C1. The maximum atomic E-state index is 13.5. The Balaban J connectivity index is 2.21. The lowest BCUT2D eigenvalue weighted by molar-refractivity contribution is 0.0911. The van der Waals surface area contributed by atoms with E-state index in [4.69, 9.17) is 0 Å². The summed E-state index contributed by atoms with van der Waals surface area (Å²) >= 11 is 0. The average molecular weight is 238 g/mol. The Morgan fingerprint density at radius 1 is 1.29 bits per heavy atom. The predicted molar refractivity (Wildman–Crippen MR) is 61.8 cm³/mol. The van der Waals surface area contributed by atoms with Gasteiger partial charge in [0.1, 0.15) is 11.6 Å². The van der Waals surface area contributed by atoms with E-state index in [0.717, 1.165) is 37.8 Å². The van der Waals surface area contributed by atoms with Crippen molar-refractivity contribution in [1.82, 2.24) is 0 Å². The molecular weight excluding hydrogens is 222 g/mol. The number of rotatable bonds is 3. The van der Waals surface area contributed by atoms with E-state index in [0.29, 0.717) is 5.92 Å². The van der Waals surface area contributed by atoms with Crippen molar-refractivity contribution in [2.75, 3.05) is 0 Å². The first-order valence-corrected chi connectivity index (χ1v) is 6.11. The fraction of sp³-hybridized carbons (Fsp3) is 0.500. The number of carbonyl (C=O) groups is 1. The van der Waals surface area contributed by atoms with Gasteiger partial charge >= 0.3 is 0 Å². The zero-order chi connectivity index (χ0) is 12.4. The first kappa shape index (κ1) is 12.2. The molecule has 2 atom stereocenters. The normalized spacial score (nSPS) is 23.9. The van der Waals surface area contributed by atoms with Crippen LogP contribution >= 0.6 is 0 Å². The van der Waals surface area contributed by atoms with Crippen molar-refractivity contribution in [2.45, 2.75) is 32.6 Å². The third kappa shape index (κ3) is 2.38. The quantitative estimate of drug-likeness (QED) is 0.728. The molecule has 17 heavy (non-hydrogen) atoms. The Morgan fingerprint density at radius 2 is 1.94 bits per heavy atom. The van der Waals surface area contributed by atoms with Gasteiger partial charge in [0.25, 0.3) is 0 Å². The van der Waals surface area contributed by atoms with E-state index in [1.165, 1.54) is 6.07 Å². The van der Waals surface area contributed by atoms with Crippen LogP contribution in [0.1, 0.15) is 43.0 Å². The number of halogens is 2. The van der Waals surface area contributed by atoms with Crippen LogP contribution in [0.15, 0.2) is 18.2 Å². The fourth-order valence-electron chi connectivity index (χ4n) is 2.62. The minimum Gasteiger partial charge on any atom is -0.294 e. The van der Waals surface area contributed by atoms with Crippen molar-refractivity contribution in [3.8, 4) is 0 Å².